The summed E-state index contributed by atoms with van der Waals surface area (Å²) in [6.07, 6.45) is 3.66. The molecule has 0 bridgehead atoms. The van der Waals surface area contributed by atoms with Gasteiger partial charge in [-0.2, -0.15) is 5.10 Å². The maximum Gasteiger partial charge on any atom is 0.263 e. The van der Waals surface area contributed by atoms with Crippen molar-refractivity contribution in [1.82, 2.24) is 15.1 Å². The van der Waals surface area contributed by atoms with Gasteiger partial charge in [0.15, 0.2) is 17.1 Å². The smallest absolute Gasteiger partial charge is 0.263 e. The fourth-order valence-electron chi connectivity index (χ4n) is 3.27. The zero-order valence-corrected chi connectivity index (χ0v) is 17.4. The Morgan fingerprint density at radius 1 is 1.20 bits per heavy atom. The molecule has 0 saturated carbocycles. The van der Waals surface area contributed by atoms with Crippen LogP contribution in [0.25, 0.3) is 34.2 Å². The molecule has 148 valence electrons. The molecule has 3 heterocycles. The number of ether oxygens (including phenoxy) is 1. The molecule has 0 spiro atoms. The number of thioether (sulfide) groups is 1. The highest BCUT2D eigenvalue weighted by molar-refractivity contribution is 8.26. The van der Waals surface area contributed by atoms with Gasteiger partial charge in [0.1, 0.15) is 10.0 Å². The number of hydrogen-bond donors (Lipinski definition) is 1. The second-order valence-corrected chi connectivity index (χ2v) is 8.27. The van der Waals surface area contributed by atoms with Crippen LogP contribution in [0.3, 0.4) is 0 Å². The SMILES string of the molecule is COc1cccc2cc(-c3nn(-c4ccccc4)cc3/C=C3\SC(=S)NC3=O)oc12. The Balaban J connectivity index is 1.68. The third-order valence-electron chi connectivity index (χ3n) is 4.65. The number of rotatable bonds is 4. The van der Waals surface area contributed by atoms with Crippen molar-refractivity contribution >= 4 is 51.3 Å². The van der Waals surface area contributed by atoms with Crippen LogP contribution in [0.2, 0.25) is 0 Å². The summed E-state index contributed by atoms with van der Waals surface area (Å²) in [7, 11) is 1.61. The first-order valence-electron chi connectivity index (χ1n) is 9.09. The standard InChI is InChI=1S/C22H15N3O3S2/c1-27-16-9-5-6-13-10-17(28-20(13)16)19-14(11-18-21(26)23-22(29)30-18)12-25(24-19)15-7-3-2-4-8-15/h2-12H,1H3,(H,23,26,29)/b18-11-. The highest BCUT2D eigenvalue weighted by Crippen LogP contribution is 2.36. The van der Waals surface area contributed by atoms with E-state index < -0.39 is 0 Å². The number of aromatic nitrogens is 2. The minimum absolute atomic E-state index is 0.213. The minimum atomic E-state index is -0.213. The van der Waals surface area contributed by atoms with Crippen molar-refractivity contribution in [1.29, 1.82) is 0 Å². The van der Waals surface area contributed by atoms with Crippen LogP contribution in [0.1, 0.15) is 5.56 Å². The Morgan fingerprint density at radius 3 is 2.77 bits per heavy atom. The van der Waals surface area contributed by atoms with Gasteiger partial charge < -0.3 is 14.5 Å². The van der Waals surface area contributed by atoms with E-state index in [0.29, 0.717) is 32.0 Å². The molecule has 8 heteroatoms. The van der Waals surface area contributed by atoms with Crippen molar-refractivity contribution in [2.45, 2.75) is 0 Å². The normalized spacial score (nSPS) is 15.2. The summed E-state index contributed by atoms with van der Waals surface area (Å²) in [5.74, 6) is 1.02. The van der Waals surface area contributed by atoms with Gasteiger partial charge in [0.2, 0.25) is 0 Å². The summed E-state index contributed by atoms with van der Waals surface area (Å²) in [5.41, 5.74) is 2.92. The molecule has 0 atom stereocenters. The molecule has 1 saturated heterocycles. The van der Waals surface area contributed by atoms with Crippen molar-refractivity contribution in [3.63, 3.8) is 0 Å². The number of para-hydroxylation sites is 2. The van der Waals surface area contributed by atoms with Crippen molar-refractivity contribution in [3.05, 3.63) is 71.3 Å². The molecule has 4 aromatic rings. The van der Waals surface area contributed by atoms with E-state index in [1.807, 2.05) is 60.8 Å². The number of carbonyl (C=O) groups is 1. The summed E-state index contributed by atoms with van der Waals surface area (Å²) in [5, 5.41) is 8.30. The van der Waals surface area contributed by atoms with Gasteiger partial charge in [-0.05, 0) is 30.3 Å². The van der Waals surface area contributed by atoms with E-state index in [1.165, 1.54) is 11.8 Å². The van der Waals surface area contributed by atoms with Crippen LogP contribution in [-0.4, -0.2) is 27.1 Å². The summed E-state index contributed by atoms with van der Waals surface area (Å²) in [4.78, 5) is 12.7. The topological polar surface area (TPSA) is 69.3 Å². The number of nitrogens with one attached hydrogen (secondary N) is 1. The highest BCUT2D eigenvalue weighted by Gasteiger charge is 2.24. The van der Waals surface area contributed by atoms with Gasteiger partial charge in [0.25, 0.3) is 5.91 Å². The molecule has 0 radical (unpaired) electrons. The lowest BCUT2D eigenvalue weighted by atomic mass is 10.1. The maximum absolute atomic E-state index is 12.2. The van der Waals surface area contributed by atoms with Crippen LogP contribution < -0.4 is 10.1 Å². The van der Waals surface area contributed by atoms with E-state index in [4.69, 9.17) is 26.5 Å². The van der Waals surface area contributed by atoms with E-state index in [2.05, 4.69) is 5.32 Å². The number of hydrogen-bond acceptors (Lipinski definition) is 6. The van der Waals surface area contributed by atoms with Crippen LogP contribution in [0.4, 0.5) is 0 Å². The lowest BCUT2D eigenvalue weighted by Gasteiger charge is -1.99. The monoisotopic (exact) mass is 433 g/mol. The molecule has 1 fully saturated rings. The average molecular weight is 434 g/mol. The number of nitrogens with zero attached hydrogens (tertiary/aromatic N) is 2. The number of methoxy groups -OCH3 is 1. The molecule has 0 aliphatic carbocycles. The molecule has 1 aliphatic rings. The number of amides is 1. The van der Waals surface area contributed by atoms with E-state index in [0.717, 1.165) is 16.6 Å². The summed E-state index contributed by atoms with van der Waals surface area (Å²) in [6.45, 7) is 0. The molecule has 1 amide bonds. The van der Waals surface area contributed by atoms with E-state index in [1.54, 1.807) is 17.9 Å². The zero-order valence-electron chi connectivity index (χ0n) is 15.8. The Morgan fingerprint density at radius 2 is 2.03 bits per heavy atom. The van der Waals surface area contributed by atoms with Crippen LogP contribution in [-0.2, 0) is 4.79 Å². The van der Waals surface area contributed by atoms with Gasteiger partial charge in [-0.3, -0.25) is 4.79 Å². The van der Waals surface area contributed by atoms with Gasteiger partial charge >= 0.3 is 0 Å². The fraction of sp³-hybridized carbons (Fsp3) is 0.0455. The first-order chi connectivity index (χ1) is 14.6. The van der Waals surface area contributed by atoms with Crippen LogP contribution >= 0.6 is 24.0 Å². The average Bonchev–Trinajstić information content (AvgIpc) is 3.45. The predicted octanol–water partition coefficient (Wildman–Crippen LogP) is 4.78. The van der Waals surface area contributed by atoms with Crippen LogP contribution in [0.5, 0.6) is 5.75 Å². The van der Waals surface area contributed by atoms with E-state index >= 15 is 0 Å². The maximum atomic E-state index is 12.2. The summed E-state index contributed by atoms with van der Waals surface area (Å²) in [6, 6.07) is 17.4. The lowest BCUT2D eigenvalue weighted by Crippen LogP contribution is -2.17. The summed E-state index contributed by atoms with van der Waals surface area (Å²) < 4.78 is 13.7. The minimum Gasteiger partial charge on any atom is -0.493 e. The number of furan rings is 1. The van der Waals surface area contributed by atoms with Gasteiger partial charge in [-0.25, -0.2) is 4.68 Å². The zero-order chi connectivity index (χ0) is 20.7. The van der Waals surface area contributed by atoms with Gasteiger partial charge in [0.05, 0.1) is 17.7 Å². The molecule has 2 aromatic carbocycles. The molecule has 30 heavy (non-hydrogen) atoms. The first-order valence-corrected chi connectivity index (χ1v) is 10.3. The quantitative estimate of drug-likeness (QED) is 0.369. The number of carbonyl (C=O) groups excluding carboxylic acids is 1. The molecule has 5 rings (SSSR count). The molecule has 0 unspecified atom stereocenters. The molecular formula is C22H15N3O3S2. The molecule has 1 aliphatic heterocycles. The van der Waals surface area contributed by atoms with Crippen molar-refractivity contribution in [2.75, 3.05) is 7.11 Å². The molecule has 2 aromatic heterocycles. The van der Waals surface area contributed by atoms with Crippen LogP contribution in [0.15, 0.2) is 70.1 Å². The Hall–Kier alpha value is -3.36. The second kappa shape index (κ2) is 7.47. The first kappa shape index (κ1) is 18.7. The largest absolute Gasteiger partial charge is 0.493 e. The van der Waals surface area contributed by atoms with E-state index in [-0.39, 0.29) is 5.91 Å². The molecule has 6 nitrogen and oxygen atoms in total. The predicted molar refractivity (Wildman–Crippen MR) is 122 cm³/mol. The summed E-state index contributed by atoms with van der Waals surface area (Å²) >= 11 is 6.34. The lowest BCUT2D eigenvalue weighted by molar-refractivity contribution is -0.115. The highest BCUT2D eigenvalue weighted by atomic mass is 32.2. The van der Waals surface area contributed by atoms with Gasteiger partial charge in [0, 0.05) is 17.1 Å². The van der Waals surface area contributed by atoms with E-state index in [9.17, 15) is 4.79 Å². The van der Waals surface area contributed by atoms with Crippen molar-refractivity contribution in [2.24, 2.45) is 0 Å². The number of thiocarbonyl (C=S) groups is 1. The van der Waals surface area contributed by atoms with Crippen molar-refractivity contribution < 1.29 is 13.9 Å². The Labute approximate surface area is 181 Å². The Kier molecular flexibility index (Phi) is 4.65. The third-order valence-corrected chi connectivity index (χ3v) is 5.82. The van der Waals surface area contributed by atoms with Gasteiger partial charge in [-0.15, -0.1) is 0 Å². The molecular weight excluding hydrogens is 418 g/mol. The van der Waals surface area contributed by atoms with Crippen LogP contribution in [0, 0.1) is 0 Å². The second-order valence-electron chi connectivity index (χ2n) is 6.55. The molecule has 1 N–H and O–H groups in total. The third kappa shape index (κ3) is 3.30. The Bertz CT molecular complexity index is 1320. The fourth-order valence-corrected chi connectivity index (χ4v) is 4.31. The van der Waals surface area contributed by atoms with Gasteiger partial charge in [-0.1, -0.05) is 54.3 Å². The number of benzene rings is 2. The number of fused-ring (bicyclic) bond motifs is 1. The van der Waals surface area contributed by atoms with Crippen molar-refractivity contribution in [3.8, 4) is 22.9 Å².